The zero-order chi connectivity index (χ0) is 13.0. The Labute approximate surface area is 113 Å². The van der Waals surface area contributed by atoms with E-state index in [-0.39, 0.29) is 5.91 Å². The van der Waals surface area contributed by atoms with E-state index in [0.29, 0.717) is 10.9 Å². The summed E-state index contributed by atoms with van der Waals surface area (Å²) in [5, 5.41) is 3.87. The lowest BCUT2D eigenvalue weighted by atomic mass is 9.96. The van der Waals surface area contributed by atoms with Gasteiger partial charge in [-0.3, -0.25) is 4.79 Å². The number of halogens is 1. The molecule has 18 heavy (non-hydrogen) atoms. The van der Waals surface area contributed by atoms with E-state index in [4.69, 9.17) is 11.6 Å². The van der Waals surface area contributed by atoms with Crippen LogP contribution in [0.15, 0.2) is 24.3 Å². The SMILES string of the molecule is CNCC1CCN(C(=O)c2ccc(Cl)cc2)CC1. The summed E-state index contributed by atoms with van der Waals surface area (Å²) in [5.41, 5.74) is 0.728. The number of nitrogens with zero attached hydrogens (tertiary/aromatic N) is 1. The van der Waals surface area contributed by atoms with Crippen molar-refractivity contribution in [1.82, 2.24) is 10.2 Å². The van der Waals surface area contributed by atoms with Gasteiger partial charge >= 0.3 is 0 Å². The van der Waals surface area contributed by atoms with Gasteiger partial charge in [0, 0.05) is 23.7 Å². The molecule has 1 aliphatic rings. The van der Waals surface area contributed by atoms with Crippen LogP contribution in [0, 0.1) is 5.92 Å². The van der Waals surface area contributed by atoms with Crippen LogP contribution >= 0.6 is 11.6 Å². The summed E-state index contributed by atoms with van der Waals surface area (Å²) >= 11 is 5.82. The van der Waals surface area contributed by atoms with Gasteiger partial charge in [-0.1, -0.05) is 11.6 Å². The fourth-order valence-corrected chi connectivity index (χ4v) is 2.53. The van der Waals surface area contributed by atoms with Crippen molar-refractivity contribution >= 4 is 17.5 Å². The molecule has 3 nitrogen and oxygen atoms in total. The number of carbonyl (C=O) groups is 1. The number of carbonyl (C=O) groups excluding carboxylic acids is 1. The standard InChI is InChI=1S/C14H19ClN2O/c1-16-10-11-6-8-17(9-7-11)14(18)12-2-4-13(15)5-3-12/h2-5,11,16H,6-10H2,1H3. The largest absolute Gasteiger partial charge is 0.339 e. The lowest BCUT2D eigenvalue weighted by Gasteiger charge is -2.32. The quantitative estimate of drug-likeness (QED) is 0.911. The van der Waals surface area contributed by atoms with Crippen LogP contribution in [0.25, 0.3) is 0 Å². The van der Waals surface area contributed by atoms with Crippen molar-refractivity contribution < 1.29 is 4.79 Å². The van der Waals surface area contributed by atoms with E-state index in [0.717, 1.165) is 38.0 Å². The second-order valence-electron chi connectivity index (χ2n) is 4.80. The van der Waals surface area contributed by atoms with Gasteiger partial charge in [-0.2, -0.15) is 0 Å². The first kappa shape index (κ1) is 13.4. The highest BCUT2D eigenvalue weighted by Gasteiger charge is 2.22. The third kappa shape index (κ3) is 3.24. The van der Waals surface area contributed by atoms with E-state index in [9.17, 15) is 4.79 Å². The lowest BCUT2D eigenvalue weighted by Crippen LogP contribution is -2.40. The minimum atomic E-state index is 0.120. The molecule has 1 N–H and O–H groups in total. The first-order valence-corrected chi connectivity index (χ1v) is 6.78. The van der Waals surface area contributed by atoms with Gasteiger partial charge < -0.3 is 10.2 Å². The number of hydrogen-bond acceptors (Lipinski definition) is 2. The Morgan fingerprint density at radius 1 is 1.33 bits per heavy atom. The molecule has 1 amide bonds. The average Bonchev–Trinajstić information content (AvgIpc) is 2.40. The third-order valence-corrected chi connectivity index (χ3v) is 3.74. The van der Waals surface area contributed by atoms with Crippen LogP contribution in [0.3, 0.4) is 0 Å². The van der Waals surface area contributed by atoms with Crippen LogP contribution in [-0.2, 0) is 0 Å². The second kappa shape index (κ2) is 6.21. The summed E-state index contributed by atoms with van der Waals surface area (Å²) in [4.78, 5) is 14.2. The van der Waals surface area contributed by atoms with Crippen molar-refractivity contribution in [1.29, 1.82) is 0 Å². The molecular weight excluding hydrogens is 248 g/mol. The molecule has 2 rings (SSSR count). The molecule has 4 heteroatoms. The van der Waals surface area contributed by atoms with Crippen molar-refractivity contribution in [2.24, 2.45) is 5.92 Å². The Bertz CT molecular complexity index is 397. The van der Waals surface area contributed by atoms with Crippen molar-refractivity contribution in [3.05, 3.63) is 34.9 Å². The van der Waals surface area contributed by atoms with Crippen LogP contribution in [-0.4, -0.2) is 37.5 Å². The number of piperidine rings is 1. The molecule has 1 fully saturated rings. The summed E-state index contributed by atoms with van der Waals surface area (Å²) in [7, 11) is 1.98. The highest BCUT2D eigenvalue weighted by atomic mass is 35.5. The molecule has 0 aliphatic carbocycles. The summed E-state index contributed by atoms with van der Waals surface area (Å²) in [5.74, 6) is 0.818. The minimum absolute atomic E-state index is 0.120. The van der Waals surface area contributed by atoms with Crippen LogP contribution in [0.2, 0.25) is 5.02 Å². The fourth-order valence-electron chi connectivity index (χ4n) is 2.40. The van der Waals surface area contributed by atoms with Crippen molar-refractivity contribution in [2.75, 3.05) is 26.7 Å². The van der Waals surface area contributed by atoms with E-state index < -0.39 is 0 Å². The molecule has 0 atom stereocenters. The topological polar surface area (TPSA) is 32.3 Å². The monoisotopic (exact) mass is 266 g/mol. The van der Waals surface area contributed by atoms with E-state index in [1.54, 1.807) is 24.3 Å². The van der Waals surface area contributed by atoms with Crippen LogP contribution in [0.5, 0.6) is 0 Å². The van der Waals surface area contributed by atoms with Gasteiger partial charge in [0.05, 0.1) is 0 Å². The second-order valence-corrected chi connectivity index (χ2v) is 5.24. The van der Waals surface area contributed by atoms with Crippen LogP contribution < -0.4 is 5.32 Å². The van der Waals surface area contributed by atoms with Crippen LogP contribution in [0.4, 0.5) is 0 Å². The van der Waals surface area contributed by atoms with E-state index in [1.807, 2.05) is 11.9 Å². The summed E-state index contributed by atoms with van der Waals surface area (Å²) in [6.45, 7) is 2.75. The maximum Gasteiger partial charge on any atom is 0.253 e. The van der Waals surface area contributed by atoms with Gasteiger partial charge in [0.1, 0.15) is 0 Å². The Balaban J connectivity index is 1.93. The molecule has 0 bridgehead atoms. The zero-order valence-electron chi connectivity index (χ0n) is 10.7. The Kier molecular flexibility index (Phi) is 4.61. The van der Waals surface area contributed by atoms with Crippen molar-refractivity contribution in [3.8, 4) is 0 Å². The predicted molar refractivity (Wildman–Crippen MR) is 74.0 cm³/mol. The van der Waals surface area contributed by atoms with E-state index in [1.165, 1.54) is 0 Å². The average molecular weight is 267 g/mol. The molecular formula is C14H19ClN2O. The Hall–Kier alpha value is -1.06. The van der Waals surface area contributed by atoms with E-state index >= 15 is 0 Å². The summed E-state index contributed by atoms with van der Waals surface area (Å²) in [6, 6.07) is 7.12. The smallest absolute Gasteiger partial charge is 0.253 e. The summed E-state index contributed by atoms with van der Waals surface area (Å²) in [6.07, 6.45) is 2.17. The number of likely N-dealkylation sites (tertiary alicyclic amines) is 1. The lowest BCUT2D eigenvalue weighted by molar-refractivity contribution is 0.0691. The first-order chi connectivity index (χ1) is 8.70. The van der Waals surface area contributed by atoms with E-state index in [2.05, 4.69) is 5.32 Å². The first-order valence-electron chi connectivity index (χ1n) is 6.40. The number of benzene rings is 1. The highest BCUT2D eigenvalue weighted by Crippen LogP contribution is 2.19. The number of hydrogen-bond donors (Lipinski definition) is 1. The van der Waals surface area contributed by atoms with Gasteiger partial charge in [0.25, 0.3) is 5.91 Å². The van der Waals surface area contributed by atoms with Gasteiger partial charge in [-0.05, 0) is 56.6 Å². The molecule has 98 valence electrons. The molecule has 1 saturated heterocycles. The Morgan fingerprint density at radius 2 is 1.94 bits per heavy atom. The molecule has 1 heterocycles. The predicted octanol–water partition coefficient (Wildman–Crippen LogP) is 2.41. The normalized spacial score (nSPS) is 16.9. The molecule has 0 saturated carbocycles. The highest BCUT2D eigenvalue weighted by molar-refractivity contribution is 6.30. The molecule has 1 aromatic rings. The maximum absolute atomic E-state index is 12.2. The Morgan fingerprint density at radius 3 is 2.50 bits per heavy atom. The molecule has 0 radical (unpaired) electrons. The molecule has 1 aliphatic heterocycles. The number of amides is 1. The third-order valence-electron chi connectivity index (χ3n) is 3.49. The molecule has 0 aromatic heterocycles. The number of rotatable bonds is 3. The zero-order valence-corrected chi connectivity index (χ0v) is 11.4. The van der Waals surface area contributed by atoms with Crippen molar-refractivity contribution in [3.63, 3.8) is 0 Å². The number of nitrogens with one attached hydrogen (secondary N) is 1. The molecule has 0 spiro atoms. The maximum atomic E-state index is 12.2. The van der Waals surface area contributed by atoms with Gasteiger partial charge in [-0.15, -0.1) is 0 Å². The van der Waals surface area contributed by atoms with Gasteiger partial charge in [-0.25, -0.2) is 0 Å². The molecule has 1 aromatic carbocycles. The van der Waals surface area contributed by atoms with Crippen molar-refractivity contribution in [2.45, 2.75) is 12.8 Å². The molecule has 0 unspecified atom stereocenters. The van der Waals surface area contributed by atoms with Crippen LogP contribution in [0.1, 0.15) is 23.2 Å². The summed E-state index contributed by atoms with van der Waals surface area (Å²) < 4.78 is 0. The van der Waals surface area contributed by atoms with Gasteiger partial charge in [0.2, 0.25) is 0 Å². The van der Waals surface area contributed by atoms with Gasteiger partial charge in [0.15, 0.2) is 0 Å². The fraction of sp³-hybridized carbons (Fsp3) is 0.500. The minimum Gasteiger partial charge on any atom is -0.339 e.